The Kier molecular flexibility index (Phi) is 6.78. The third kappa shape index (κ3) is 4.38. The van der Waals surface area contributed by atoms with Crippen LogP contribution < -0.4 is 14.5 Å². The van der Waals surface area contributed by atoms with Gasteiger partial charge in [0.25, 0.3) is 5.91 Å². The first kappa shape index (κ1) is 23.1. The summed E-state index contributed by atoms with van der Waals surface area (Å²) in [7, 11) is 1.46. The number of phenols is 1. The van der Waals surface area contributed by atoms with Crippen LogP contribution in [0.3, 0.4) is 0 Å². The maximum Gasteiger partial charge on any atom is 0.252 e. The lowest BCUT2D eigenvalue weighted by Crippen LogP contribution is -2.39. The number of nitrogens with one attached hydrogen (secondary N) is 1. The molecule has 1 saturated heterocycles. The Bertz CT molecular complexity index is 1230. The number of amides is 1. The third-order valence-corrected chi connectivity index (χ3v) is 6.82. The molecule has 168 valence electrons. The summed E-state index contributed by atoms with van der Waals surface area (Å²) >= 11 is 25.1. The Hall–Kier alpha value is -2.11. The molecule has 1 aromatic heterocycles. The molecule has 1 fully saturated rings. The highest BCUT2D eigenvalue weighted by molar-refractivity contribution is 8.00. The van der Waals surface area contributed by atoms with Gasteiger partial charge < -0.3 is 14.6 Å². The molecule has 1 unspecified atom stereocenters. The van der Waals surface area contributed by atoms with E-state index in [0.29, 0.717) is 16.6 Å². The predicted octanol–water partition coefficient (Wildman–Crippen LogP) is 5.10. The molecule has 0 radical (unpaired) electrons. The summed E-state index contributed by atoms with van der Waals surface area (Å²) < 4.78 is 12.7. The van der Waals surface area contributed by atoms with E-state index in [1.807, 2.05) is 0 Å². The van der Waals surface area contributed by atoms with E-state index in [1.165, 1.54) is 46.8 Å². The van der Waals surface area contributed by atoms with Gasteiger partial charge in [-0.2, -0.15) is 5.10 Å². The number of ether oxygens (including phenoxy) is 2. The first-order chi connectivity index (χ1) is 15.3. The maximum absolute atomic E-state index is 12.8. The van der Waals surface area contributed by atoms with Gasteiger partial charge in [-0.15, -0.1) is 11.8 Å². The number of carbonyl (C=O) groups is 1. The first-order valence-corrected chi connectivity index (χ1v) is 11.6. The van der Waals surface area contributed by atoms with Crippen LogP contribution in [0.4, 0.5) is 0 Å². The van der Waals surface area contributed by atoms with Gasteiger partial charge in [-0.3, -0.25) is 9.89 Å². The zero-order valence-corrected chi connectivity index (χ0v) is 20.2. The van der Waals surface area contributed by atoms with Crippen LogP contribution >= 0.6 is 58.8 Å². The molecule has 1 atom stereocenters. The number of hydrogen-bond donors (Lipinski definition) is 2. The van der Waals surface area contributed by atoms with Crippen LogP contribution in [0, 0.1) is 4.77 Å². The number of thioether (sulfide) groups is 1. The highest BCUT2D eigenvalue weighted by Gasteiger charge is 2.37. The Morgan fingerprint density at radius 2 is 2.00 bits per heavy atom. The van der Waals surface area contributed by atoms with E-state index in [4.69, 9.17) is 56.5 Å². The van der Waals surface area contributed by atoms with Crippen molar-refractivity contribution >= 4 is 64.7 Å². The minimum Gasteiger partial charge on any atom is -0.504 e. The smallest absolute Gasteiger partial charge is 0.252 e. The van der Waals surface area contributed by atoms with Crippen LogP contribution in [-0.2, 0) is 11.4 Å². The van der Waals surface area contributed by atoms with E-state index in [2.05, 4.69) is 10.2 Å². The molecule has 2 N–H and O–H groups in total. The molecule has 1 amide bonds. The maximum atomic E-state index is 12.8. The van der Waals surface area contributed by atoms with Crippen LogP contribution in [-0.4, -0.2) is 38.7 Å². The van der Waals surface area contributed by atoms with Crippen LogP contribution in [0.1, 0.15) is 16.8 Å². The van der Waals surface area contributed by atoms with Gasteiger partial charge >= 0.3 is 0 Å². The number of aromatic hydroxyl groups is 1. The molecule has 0 spiro atoms. The summed E-state index contributed by atoms with van der Waals surface area (Å²) in [6.45, 7) is -0.0751. The van der Waals surface area contributed by atoms with Crippen molar-refractivity contribution in [3.63, 3.8) is 0 Å². The fourth-order valence-electron chi connectivity index (χ4n) is 3.16. The number of aromatic amines is 1. The van der Waals surface area contributed by atoms with E-state index in [9.17, 15) is 9.90 Å². The molecule has 0 aliphatic carbocycles. The molecule has 3 aromatic rings. The zero-order valence-electron chi connectivity index (χ0n) is 16.3. The first-order valence-electron chi connectivity index (χ1n) is 9.04. The number of rotatable bonds is 6. The van der Waals surface area contributed by atoms with Crippen molar-refractivity contribution in [2.45, 2.75) is 12.0 Å². The fourth-order valence-corrected chi connectivity index (χ4v) is 5.45. The predicted molar refractivity (Wildman–Crippen MR) is 126 cm³/mol. The van der Waals surface area contributed by atoms with Crippen molar-refractivity contribution in [3.05, 3.63) is 61.6 Å². The summed E-state index contributed by atoms with van der Waals surface area (Å²) in [5.74, 6) is 0.935. The van der Waals surface area contributed by atoms with Gasteiger partial charge in [-0.05, 0) is 42.0 Å². The second kappa shape index (κ2) is 9.40. The summed E-state index contributed by atoms with van der Waals surface area (Å²) in [5, 5.41) is 18.7. The van der Waals surface area contributed by atoms with Crippen molar-refractivity contribution in [3.8, 4) is 17.2 Å². The number of halogens is 3. The summed E-state index contributed by atoms with van der Waals surface area (Å²) in [6, 6.07) is 7.92. The molecule has 1 aliphatic heterocycles. The quantitative estimate of drug-likeness (QED) is 0.426. The molecule has 13 heteroatoms. The topological polar surface area (TPSA) is 92.6 Å². The standard InChI is InChI=1S/C19H15Cl3N4O4S2/c1-29-14-4-9(2-3-13(14)27)18-26(16(28)8-32-18)25-15(23-24-19(25)31)7-30-17-11(21)5-10(20)6-12(17)22/h2-6,18,27H,7-8H2,1H3,(H,24,31). The molecular formula is C19H15Cl3N4O4S2. The van der Waals surface area contributed by atoms with Gasteiger partial charge in [0.1, 0.15) is 12.0 Å². The Morgan fingerprint density at radius 1 is 1.28 bits per heavy atom. The molecule has 2 heterocycles. The number of phenolic OH excluding ortho intramolecular Hbond substituents is 1. The molecule has 0 bridgehead atoms. The SMILES string of the molecule is COc1cc(C2SCC(=O)N2n2c(COc3c(Cl)cc(Cl)cc3Cl)n[nH]c2=S)ccc1O. The van der Waals surface area contributed by atoms with Gasteiger partial charge in [0, 0.05) is 5.02 Å². The van der Waals surface area contributed by atoms with E-state index in [1.54, 1.807) is 12.1 Å². The number of H-pyrrole nitrogens is 1. The summed E-state index contributed by atoms with van der Waals surface area (Å²) in [6.07, 6.45) is 0. The van der Waals surface area contributed by atoms with E-state index >= 15 is 0 Å². The van der Waals surface area contributed by atoms with Gasteiger partial charge in [-0.1, -0.05) is 40.9 Å². The van der Waals surface area contributed by atoms with Gasteiger partial charge in [-0.25, -0.2) is 9.69 Å². The van der Waals surface area contributed by atoms with Crippen molar-refractivity contribution < 1.29 is 19.4 Å². The molecule has 2 aromatic carbocycles. The average molecular weight is 534 g/mol. The van der Waals surface area contributed by atoms with Crippen molar-refractivity contribution in [1.82, 2.24) is 14.9 Å². The normalized spacial score (nSPS) is 15.9. The number of nitrogens with zero attached hydrogens (tertiary/aromatic N) is 3. The average Bonchev–Trinajstić information content (AvgIpc) is 3.29. The summed E-state index contributed by atoms with van der Waals surface area (Å²) in [4.78, 5) is 12.8. The number of methoxy groups -OCH3 is 1. The Morgan fingerprint density at radius 3 is 2.69 bits per heavy atom. The lowest BCUT2D eigenvalue weighted by Gasteiger charge is -2.26. The second-order valence-electron chi connectivity index (χ2n) is 6.58. The summed E-state index contributed by atoms with van der Waals surface area (Å²) in [5.41, 5.74) is 0.745. The Balaban J connectivity index is 1.67. The minimum atomic E-state index is -0.428. The fraction of sp³-hybridized carbons (Fsp3) is 0.211. The van der Waals surface area contributed by atoms with Crippen molar-refractivity contribution in [1.29, 1.82) is 0 Å². The molecule has 0 saturated carbocycles. The molecular weight excluding hydrogens is 519 g/mol. The second-order valence-corrected chi connectivity index (χ2v) is 9.28. The molecule has 8 nitrogen and oxygen atoms in total. The van der Waals surface area contributed by atoms with Crippen LogP contribution in [0.2, 0.25) is 15.1 Å². The highest BCUT2D eigenvalue weighted by Crippen LogP contribution is 2.41. The molecule has 32 heavy (non-hydrogen) atoms. The van der Waals surface area contributed by atoms with Crippen LogP contribution in [0.5, 0.6) is 17.2 Å². The highest BCUT2D eigenvalue weighted by atomic mass is 35.5. The lowest BCUT2D eigenvalue weighted by atomic mass is 10.2. The lowest BCUT2D eigenvalue weighted by molar-refractivity contribution is -0.117. The third-order valence-electron chi connectivity index (χ3n) is 4.57. The van der Waals surface area contributed by atoms with Gasteiger partial charge in [0.15, 0.2) is 23.1 Å². The zero-order chi connectivity index (χ0) is 23.0. The van der Waals surface area contributed by atoms with E-state index in [-0.39, 0.29) is 44.6 Å². The number of aromatic nitrogens is 3. The van der Waals surface area contributed by atoms with Crippen LogP contribution in [0.25, 0.3) is 0 Å². The van der Waals surface area contributed by atoms with E-state index in [0.717, 1.165) is 5.56 Å². The van der Waals surface area contributed by atoms with Gasteiger partial charge in [0.2, 0.25) is 4.77 Å². The largest absolute Gasteiger partial charge is 0.504 e. The number of carbonyl (C=O) groups excluding carboxylic acids is 1. The molecule has 4 rings (SSSR count). The van der Waals surface area contributed by atoms with Crippen LogP contribution in [0.15, 0.2) is 30.3 Å². The van der Waals surface area contributed by atoms with Gasteiger partial charge in [0.05, 0.1) is 22.9 Å². The monoisotopic (exact) mass is 532 g/mol. The minimum absolute atomic E-state index is 0.00265. The van der Waals surface area contributed by atoms with Crippen molar-refractivity contribution in [2.24, 2.45) is 0 Å². The number of hydrogen-bond acceptors (Lipinski definition) is 7. The molecule has 1 aliphatic rings. The number of benzene rings is 2. The Labute approximate surface area is 206 Å². The van der Waals surface area contributed by atoms with E-state index < -0.39 is 5.37 Å². The van der Waals surface area contributed by atoms with Crippen molar-refractivity contribution in [2.75, 3.05) is 17.9 Å².